The molecule has 0 bridgehead atoms. The molecule has 9 heteroatoms. The van der Waals surface area contributed by atoms with Gasteiger partial charge in [-0.1, -0.05) is 12.1 Å². The zero-order valence-corrected chi connectivity index (χ0v) is 16.1. The van der Waals surface area contributed by atoms with E-state index in [1.165, 1.54) is 6.33 Å². The number of nitrogens with one attached hydrogen (secondary N) is 2. The lowest BCUT2D eigenvalue weighted by atomic mass is 10.1. The summed E-state index contributed by atoms with van der Waals surface area (Å²) in [5, 5.41) is 9.16. The molecule has 2 amide bonds. The molecule has 154 valence electrons. The van der Waals surface area contributed by atoms with E-state index in [-0.39, 0.29) is 23.1 Å². The van der Waals surface area contributed by atoms with Crippen molar-refractivity contribution in [3.8, 4) is 5.69 Å². The molecule has 1 heterocycles. The third kappa shape index (κ3) is 4.19. The van der Waals surface area contributed by atoms with E-state index < -0.39 is 23.6 Å². The van der Waals surface area contributed by atoms with Gasteiger partial charge in [0.15, 0.2) is 0 Å². The summed E-state index contributed by atoms with van der Waals surface area (Å²) in [5.41, 5.74) is 1.05. The van der Waals surface area contributed by atoms with Crippen molar-refractivity contribution < 1.29 is 18.4 Å². The first-order valence-electron chi connectivity index (χ1n) is 9.48. The van der Waals surface area contributed by atoms with E-state index in [0.29, 0.717) is 6.07 Å². The number of carbonyl (C=O) groups excluding carboxylic acids is 2. The van der Waals surface area contributed by atoms with Crippen LogP contribution in [0.3, 0.4) is 0 Å². The van der Waals surface area contributed by atoms with Crippen LogP contribution in [0.1, 0.15) is 41.7 Å². The number of hydrogen-bond acceptors (Lipinski definition) is 4. The molecular weight excluding hydrogens is 392 g/mol. The minimum Gasteiger partial charge on any atom is -0.345 e. The second-order valence-electron chi connectivity index (χ2n) is 7.20. The number of rotatable bonds is 6. The Bertz CT molecular complexity index is 1080. The molecule has 1 aromatic heterocycles. The first-order chi connectivity index (χ1) is 14.4. The standard InChI is InChI=1S/C21H19F2N5O2/c1-12(13-4-6-15(7-5-13)28-11-24-10-25-28)26-21(30)16-8-19(18(23)9-17(16)22)27-20(29)14-2-3-14/h4-12,14H,2-3H2,1H3,(H,26,30)(H,27,29). The van der Waals surface area contributed by atoms with Crippen LogP contribution in [0.15, 0.2) is 49.1 Å². The fourth-order valence-corrected chi connectivity index (χ4v) is 3.01. The van der Waals surface area contributed by atoms with E-state index in [1.54, 1.807) is 17.9 Å². The van der Waals surface area contributed by atoms with Crippen LogP contribution >= 0.6 is 0 Å². The molecule has 0 spiro atoms. The molecule has 1 atom stereocenters. The Morgan fingerprint density at radius 3 is 2.50 bits per heavy atom. The van der Waals surface area contributed by atoms with Crippen molar-refractivity contribution in [2.75, 3.05) is 5.32 Å². The highest BCUT2D eigenvalue weighted by molar-refractivity contribution is 5.98. The quantitative estimate of drug-likeness (QED) is 0.651. The summed E-state index contributed by atoms with van der Waals surface area (Å²) >= 11 is 0. The Labute approximate surface area is 171 Å². The summed E-state index contributed by atoms with van der Waals surface area (Å²) in [4.78, 5) is 28.4. The Kier molecular flexibility index (Phi) is 5.26. The van der Waals surface area contributed by atoms with E-state index in [2.05, 4.69) is 20.7 Å². The lowest BCUT2D eigenvalue weighted by Crippen LogP contribution is -2.28. The van der Waals surface area contributed by atoms with Crippen LogP contribution in [0.5, 0.6) is 0 Å². The van der Waals surface area contributed by atoms with Gasteiger partial charge < -0.3 is 10.6 Å². The summed E-state index contributed by atoms with van der Waals surface area (Å²) in [6.45, 7) is 1.75. The van der Waals surface area contributed by atoms with Crippen molar-refractivity contribution in [1.29, 1.82) is 0 Å². The van der Waals surface area contributed by atoms with Crippen LogP contribution in [-0.2, 0) is 4.79 Å². The molecule has 1 saturated carbocycles. The molecule has 0 aliphatic heterocycles. The fourth-order valence-electron chi connectivity index (χ4n) is 3.01. The molecule has 1 unspecified atom stereocenters. The fraction of sp³-hybridized carbons (Fsp3) is 0.238. The summed E-state index contributed by atoms with van der Waals surface area (Å²) in [6, 6.07) is 8.45. The number of carbonyl (C=O) groups is 2. The highest BCUT2D eigenvalue weighted by Crippen LogP contribution is 2.31. The Morgan fingerprint density at radius 1 is 1.13 bits per heavy atom. The number of nitrogens with zero attached hydrogens (tertiary/aromatic N) is 3. The van der Waals surface area contributed by atoms with Gasteiger partial charge in [0.25, 0.3) is 5.91 Å². The first kappa shape index (κ1) is 19.7. The lowest BCUT2D eigenvalue weighted by molar-refractivity contribution is -0.117. The number of aromatic nitrogens is 3. The van der Waals surface area contributed by atoms with Crippen molar-refractivity contribution in [3.63, 3.8) is 0 Å². The van der Waals surface area contributed by atoms with E-state index in [1.807, 2.05) is 24.3 Å². The number of hydrogen-bond donors (Lipinski definition) is 2. The molecule has 1 fully saturated rings. The van der Waals surface area contributed by atoms with Crippen molar-refractivity contribution in [2.45, 2.75) is 25.8 Å². The number of amides is 2. The van der Waals surface area contributed by atoms with Crippen LogP contribution in [0.25, 0.3) is 5.69 Å². The van der Waals surface area contributed by atoms with Gasteiger partial charge in [-0.05, 0) is 43.5 Å². The van der Waals surface area contributed by atoms with Crippen LogP contribution in [-0.4, -0.2) is 26.6 Å². The van der Waals surface area contributed by atoms with E-state index in [4.69, 9.17) is 0 Å². The number of anilines is 1. The first-order valence-corrected chi connectivity index (χ1v) is 9.48. The third-order valence-electron chi connectivity index (χ3n) is 4.93. The molecule has 1 aliphatic rings. The minimum atomic E-state index is -0.997. The van der Waals surface area contributed by atoms with Crippen molar-refractivity contribution in [2.24, 2.45) is 5.92 Å². The molecule has 7 nitrogen and oxygen atoms in total. The number of benzene rings is 2. The van der Waals surface area contributed by atoms with Gasteiger partial charge in [0, 0.05) is 12.0 Å². The Balaban J connectivity index is 1.48. The summed E-state index contributed by atoms with van der Waals surface area (Å²) in [7, 11) is 0. The zero-order valence-electron chi connectivity index (χ0n) is 16.1. The molecule has 30 heavy (non-hydrogen) atoms. The molecule has 3 aromatic rings. The van der Waals surface area contributed by atoms with Gasteiger partial charge in [0.2, 0.25) is 5.91 Å². The van der Waals surface area contributed by atoms with Gasteiger partial charge in [0.1, 0.15) is 24.3 Å². The largest absolute Gasteiger partial charge is 0.345 e. The predicted octanol–water partition coefficient (Wildman–Crippen LogP) is 3.39. The normalized spacial score (nSPS) is 14.2. The summed E-state index contributed by atoms with van der Waals surface area (Å²) < 4.78 is 29.8. The topological polar surface area (TPSA) is 88.9 Å². The van der Waals surface area contributed by atoms with E-state index in [0.717, 1.165) is 30.2 Å². The average Bonchev–Trinajstić information content (AvgIpc) is 3.44. The smallest absolute Gasteiger partial charge is 0.254 e. The van der Waals surface area contributed by atoms with Crippen molar-refractivity contribution >= 4 is 17.5 Å². The lowest BCUT2D eigenvalue weighted by Gasteiger charge is -2.16. The maximum absolute atomic E-state index is 14.2. The molecule has 4 rings (SSSR count). The van der Waals surface area contributed by atoms with Gasteiger partial charge in [0.05, 0.1) is 23.0 Å². The summed E-state index contributed by atoms with van der Waals surface area (Å²) in [6.07, 6.45) is 4.48. The predicted molar refractivity (Wildman–Crippen MR) is 105 cm³/mol. The molecular formula is C21H19F2N5O2. The molecule has 0 saturated heterocycles. The Morgan fingerprint density at radius 2 is 1.87 bits per heavy atom. The zero-order chi connectivity index (χ0) is 21.3. The second kappa shape index (κ2) is 8.02. The third-order valence-corrected chi connectivity index (χ3v) is 4.93. The van der Waals surface area contributed by atoms with Gasteiger partial charge in [-0.2, -0.15) is 5.10 Å². The van der Waals surface area contributed by atoms with Crippen LogP contribution < -0.4 is 10.6 Å². The maximum Gasteiger partial charge on any atom is 0.254 e. The SMILES string of the molecule is CC(NC(=O)c1cc(NC(=O)C2CC2)c(F)cc1F)c1ccc(-n2cncn2)cc1. The van der Waals surface area contributed by atoms with Crippen molar-refractivity contribution in [1.82, 2.24) is 20.1 Å². The highest BCUT2D eigenvalue weighted by Gasteiger charge is 2.30. The van der Waals surface area contributed by atoms with Gasteiger partial charge in [-0.25, -0.2) is 18.4 Å². The monoisotopic (exact) mass is 411 g/mol. The van der Waals surface area contributed by atoms with Crippen LogP contribution in [0.4, 0.5) is 14.5 Å². The maximum atomic E-state index is 14.2. The second-order valence-corrected chi connectivity index (χ2v) is 7.20. The number of halogens is 2. The van der Waals surface area contributed by atoms with Crippen molar-refractivity contribution in [3.05, 3.63) is 71.8 Å². The van der Waals surface area contributed by atoms with Gasteiger partial charge in [-0.3, -0.25) is 9.59 Å². The molecule has 2 aromatic carbocycles. The average molecular weight is 411 g/mol. The summed E-state index contributed by atoms with van der Waals surface area (Å²) in [5.74, 6) is -3.10. The molecule has 0 radical (unpaired) electrons. The van der Waals surface area contributed by atoms with E-state index >= 15 is 0 Å². The van der Waals surface area contributed by atoms with Gasteiger partial charge in [-0.15, -0.1) is 0 Å². The van der Waals surface area contributed by atoms with Gasteiger partial charge >= 0.3 is 0 Å². The van der Waals surface area contributed by atoms with Crippen LogP contribution in [0.2, 0.25) is 0 Å². The molecule has 1 aliphatic carbocycles. The molecule has 2 N–H and O–H groups in total. The van der Waals surface area contributed by atoms with Crippen LogP contribution in [0, 0.1) is 17.6 Å². The van der Waals surface area contributed by atoms with E-state index in [9.17, 15) is 18.4 Å². The highest BCUT2D eigenvalue weighted by atomic mass is 19.1. The minimum absolute atomic E-state index is 0.146. The Hall–Kier alpha value is -3.62.